The van der Waals surface area contributed by atoms with Crippen molar-refractivity contribution in [3.05, 3.63) is 35.5 Å². The van der Waals surface area contributed by atoms with Crippen molar-refractivity contribution in [3.63, 3.8) is 0 Å². The maximum atomic E-state index is 11.4. The second-order valence-electron chi connectivity index (χ2n) is 3.82. The molecular formula is C12H12O2. The van der Waals surface area contributed by atoms with E-state index in [1.807, 2.05) is 25.2 Å². The molecule has 0 radical (unpaired) electrons. The minimum atomic E-state index is -0.0190. The largest absolute Gasteiger partial charge is 0.298 e. The SMILES string of the molecule is CC1C(=O)C=CC2CC(C=O)=CC=C21. The number of rotatable bonds is 1. The van der Waals surface area contributed by atoms with Crippen LogP contribution in [0.2, 0.25) is 0 Å². The summed E-state index contributed by atoms with van der Waals surface area (Å²) in [6, 6.07) is 0. The van der Waals surface area contributed by atoms with Gasteiger partial charge in [0.15, 0.2) is 5.78 Å². The topological polar surface area (TPSA) is 34.1 Å². The van der Waals surface area contributed by atoms with Gasteiger partial charge in [-0.1, -0.05) is 30.7 Å². The van der Waals surface area contributed by atoms with Crippen molar-refractivity contribution in [1.29, 1.82) is 0 Å². The average molecular weight is 188 g/mol. The van der Waals surface area contributed by atoms with E-state index in [4.69, 9.17) is 0 Å². The van der Waals surface area contributed by atoms with Crippen LogP contribution in [-0.2, 0) is 9.59 Å². The van der Waals surface area contributed by atoms with Gasteiger partial charge in [-0.05, 0) is 18.1 Å². The van der Waals surface area contributed by atoms with Gasteiger partial charge < -0.3 is 0 Å². The monoisotopic (exact) mass is 188 g/mol. The van der Waals surface area contributed by atoms with Gasteiger partial charge in [0.05, 0.1) is 0 Å². The molecule has 0 saturated heterocycles. The second kappa shape index (κ2) is 3.37. The fourth-order valence-corrected chi connectivity index (χ4v) is 2.02. The Morgan fingerprint density at radius 1 is 1.43 bits per heavy atom. The summed E-state index contributed by atoms with van der Waals surface area (Å²) in [5.74, 6) is 0.401. The molecule has 0 fully saturated rings. The maximum absolute atomic E-state index is 11.4. The van der Waals surface area contributed by atoms with Gasteiger partial charge in [-0.25, -0.2) is 0 Å². The molecule has 72 valence electrons. The molecule has 0 aromatic rings. The molecule has 0 bridgehead atoms. The lowest BCUT2D eigenvalue weighted by molar-refractivity contribution is -0.117. The summed E-state index contributed by atoms with van der Waals surface area (Å²) in [5.41, 5.74) is 1.95. The molecule has 0 saturated carbocycles. The van der Waals surface area contributed by atoms with E-state index in [-0.39, 0.29) is 17.6 Å². The zero-order valence-electron chi connectivity index (χ0n) is 8.07. The van der Waals surface area contributed by atoms with Crippen LogP contribution in [0.15, 0.2) is 35.5 Å². The number of carbonyl (C=O) groups excluding carboxylic acids is 2. The van der Waals surface area contributed by atoms with Gasteiger partial charge in [-0.2, -0.15) is 0 Å². The molecule has 0 N–H and O–H groups in total. The van der Waals surface area contributed by atoms with Crippen LogP contribution in [0.4, 0.5) is 0 Å². The number of aldehydes is 1. The minimum Gasteiger partial charge on any atom is -0.298 e. The number of hydrogen-bond donors (Lipinski definition) is 0. The third-order valence-corrected chi connectivity index (χ3v) is 2.94. The molecule has 14 heavy (non-hydrogen) atoms. The average Bonchev–Trinajstić information content (AvgIpc) is 2.23. The minimum absolute atomic E-state index is 0.0190. The van der Waals surface area contributed by atoms with Crippen molar-refractivity contribution >= 4 is 12.1 Å². The van der Waals surface area contributed by atoms with E-state index in [2.05, 4.69) is 0 Å². The van der Waals surface area contributed by atoms with Gasteiger partial charge in [0.1, 0.15) is 6.29 Å². The molecule has 0 spiro atoms. The van der Waals surface area contributed by atoms with Crippen LogP contribution in [0.25, 0.3) is 0 Å². The van der Waals surface area contributed by atoms with Gasteiger partial charge in [0.25, 0.3) is 0 Å². The Morgan fingerprint density at radius 2 is 2.21 bits per heavy atom. The van der Waals surface area contributed by atoms with Gasteiger partial charge in [0, 0.05) is 11.8 Å². The molecule has 0 aromatic carbocycles. The first-order valence-electron chi connectivity index (χ1n) is 4.80. The predicted octanol–water partition coefficient (Wildman–Crippen LogP) is 1.83. The van der Waals surface area contributed by atoms with Crippen molar-refractivity contribution in [2.75, 3.05) is 0 Å². The van der Waals surface area contributed by atoms with Crippen LogP contribution in [0.1, 0.15) is 13.3 Å². The summed E-state index contributed by atoms with van der Waals surface area (Å²) < 4.78 is 0. The lowest BCUT2D eigenvalue weighted by Crippen LogP contribution is -2.23. The fraction of sp³-hybridized carbons (Fsp3) is 0.333. The molecule has 0 aromatic heterocycles. The third kappa shape index (κ3) is 1.37. The Morgan fingerprint density at radius 3 is 2.93 bits per heavy atom. The molecule has 2 nitrogen and oxygen atoms in total. The summed E-state index contributed by atoms with van der Waals surface area (Å²) in [6.45, 7) is 1.92. The molecule has 2 unspecified atom stereocenters. The van der Waals surface area contributed by atoms with Gasteiger partial charge in [0.2, 0.25) is 0 Å². The van der Waals surface area contributed by atoms with Crippen molar-refractivity contribution in [1.82, 2.24) is 0 Å². The molecular weight excluding hydrogens is 176 g/mol. The van der Waals surface area contributed by atoms with E-state index in [1.165, 1.54) is 0 Å². The zero-order valence-corrected chi connectivity index (χ0v) is 8.07. The lowest BCUT2D eigenvalue weighted by atomic mass is 9.76. The van der Waals surface area contributed by atoms with Gasteiger partial charge >= 0.3 is 0 Å². The first kappa shape index (κ1) is 9.13. The standard InChI is InChI=1S/C12H12O2/c1-8-11-4-2-9(7-13)6-10(11)3-5-12(8)14/h2-5,7-8,10H,6H2,1H3. The normalized spacial score (nSPS) is 30.5. The Balaban J connectivity index is 2.36. The Hall–Kier alpha value is -1.44. The van der Waals surface area contributed by atoms with Crippen LogP contribution >= 0.6 is 0 Å². The van der Waals surface area contributed by atoms with E-state index >= 15 is 0 Å². The van der Waals surface area contributed by atoms with E-state index in [0.29, 0.717) is 0 Å². The number of ketones is 1. The predicted molar refractivity (Wildman–Crippen MR) is 53.6 cm³/mol. The molecule has 2 aliphatic rings. The Kier molecular flexibility index (Phi) is 2.20. The van der Waals surface area contributed by atoms with E-state index in [9.17, 15) is 9.59 Å². The Bertz CT molecular complexity index is 372. The fourth-order valence-electron chi connectivity index (χ4n) is 2.02. The van der Waals surface area contributed by atoms with E-state index in [1.54, 1.807) is 6.08 Å². The molecule has 2 heteroatoms. The molecule has 0 heterocycles. The quantitative estimate of drug-likeness (QED) is 0.588. The summed E-state index contributed by atoms with van der Waals surface area (Å²) >= 11 is 0. The zero-order chi connectivity index (χ0) is 10.1. The summed E-state index contributed by atoms with van der Waals surface area (Å²) in [4.78, 5) is 22.0. The summed E-state index contributed by atoms with van der Waals surface area (Å²) in [5, 5.41) is 0. The van der Waals surface area contributed by atoms with Crippen LogP contribution in [0, 0.1) is 11.8 Å². The van der Waals surface area contributed by atoms with Crippen LogP contribution in [0.3, 0.4) is 0 Å². The number of carbonyl (C=O) groups is 2. The maximum Gasteiger partial charge on any atom is 0.162 e. The van der Waals surface area contributed by atoms with Crippen LogP contribution < -0.4 is 0 Å². The highest BCUT2D eigenvalue weighted by molar-refractivity contribution is 5.95. The van der Waals surface area contributed by atoms with Gasteiger partial charge in [-0.15, -0.1) is 0 Å². The number of fused-ring (bicyclic) bond motifs is 1. The van der Waals surface area contributed by atoms with Gasteiger partial charge in [-0.3, -0.25) is 9.59 Å². The lowest BCUT2D eigenvalue weighted by Gasteiger charge is -2.27. The van der Waals surface area contributed by atoms with Crippen molar-refractivity contribution in [2.45, 2.75) is 13.3 Å². The van der Waals surface area contributed by atoms with E-state index < -0.39 is 0 Å². The summed E-state index contributed by atoms with van der Waals surface area (Å²) in [6.07, 6.45) is 8.92. The highest BCUT2D eigenvalue weighted by Crippen LogP contribution is 2.34. The van der Waals surface area contributed by atoms with Crippen molar-refractivity contribution < 1.29 is 9.59 Å². The molecule has 2 aliphatic carbocycles. The smallest absolute Gasteiger partial charge is 0.162 e. The molecule has 2 rings (SSSR count). The highest BCUT2D eigenvalue weighted by atomic mass is 16.1. The van der Waals surface area contributed by atoms with E-state index in [0.717, 1.165) is 23.9 Å². The third-order valence-electron chi connectivity index (χ3n) is 2.94. The van der Waals surface area contributed by atoms with Crippen molar-refractivity contribution in [2.24, 2.45) is 11.8 Å². The van der Waals surface area contributed by atoms with Crippen molar-refractivity contribution in [3.8, 4) is 0 Å². The van der Waals surface area contributed by atoms with Crippen LogP contribution in [-0.4, -0.2) is 12.1 Å². The first-order chi connectivity index (χ1) is 6.72. The second-order valence-corrected chi connectivity index (χ2v) is 3.82. The number of allylic oxidation sites excluding steroid dienone is 6. The van der Waals surface area contributed by atoms with Crippen LogP contribution in [0.5, 0.6) is 0 Å². The Labute approximate surface area is 83.0 Å². The molecule has 0 aliphatic heterocycles. The molecule has 2 atom stereocenters. The molecule has 0 amide bonds. The number of hydrogen-bond acceptors (Lipinski definition) is 2. The summed E-state index contributed by atoms with van der Waals surface area (Å²) in [7, 11) is 0. The first-order valence-corrected chi connectivity index (χ1v) is 4.80. The highest BCUT2D eigenvalue weighted by Gasteiger charge is 2.28.